The molecule has 0 bridgehead atoms. The Balaban J connectivity index is 2.30. The summed E-state index contributed by atoms with van der Waals surface area (Å²) in [6.45, 7) is 0.732. The van der Waals surface area contributed by atoms with Gasteiger partial charge >= 0.3 is 0 Å². The molecule has 1 amide bonds. The van der Waals surface area contributed by atoms with Crippen molar-refractivity contribution >= 4 is 5.91 Å². The van der Waals surface area contributed by atoms with Crippen LogP contribution in [0.2, 0.25) is 0 Å². The van der Waals surface area contributed by atoms with E-state index in [2.05, 4.69) is 0 Å². The molecule has 1 atom stereocenters. The van der Waals surface area contributed by atoms with Gasteiger partial charge in [-0.15, -0.1) is 0 Å². The quantitative estimate of drug-likeness (QED) is 0.525. The van der Waals surface area contributed by atoms with Crippen LogP contribution in [-0.2, 0) is 9.63 Å². The molecule has 5 heteroatoms. The summed E-state index contributed by atoms with van der Waals surface area (Å²) in [5.41, 5.74) is 5.36. The van der Waals surface area contributed by atoms with Crippen LogP contribution in [0.5, 0.6) is 0 Å². The summed E-state index contributed by atoms with van der Waals surface area (Å²) in [6.07, 6.45) is 0.526. The maximum absolute atomic E-state index is 11.0. The lowest BCUT2D eigenvalue weighted by atomic mass is 10.3. The molecule has 1 rings (SSSR count). The minimum atomic E-state index is -0.520. The number of aliphatic hydroxyl groups excluding tert-OH is 1. The second-order valence-corrected chi connectivity index (χ2v) is 2.42. The maximum atomic E-state index is 11.0. The molecule has 0 radical (unpaired) electrons. The number of amides is 1. The van der Waals surface area contributed by atoms with E-state index in [9.17, 15) is 4.79 Å². The average molecular weight is 160 g/mol. The van der Waals surface area contributed by atoms with Gasteiger partial charge in [0.25, 0.3) is 5.91 Å². The van der Waals surface area contributed by atoms with Gasteiger partial charge in [-0.05, 0) is 6.42 Å². The van der Waals surface area contributed by atoms with Gasteiger partial charge in [0, 0.05) is 6.61 Å². The van der Waals surface area contributed by atoms with Gasteiger partial charge in [-0.2, -0.15) is 0 Å². The van der Waals surface area contributed by atoms with Crippen molar-refractivity contribution in [2.75, 3.05) is 19.8 Å². The molecule has 0 aliphatic carbocycles. The second kappa shape index (κ2) is 3.66. The van der Waals surface area contributed by atoms with E-state index in [4.69, 9.17) is 15.7 Å². The number of hydrogen-bond acceptors (Lipinski definition) is 4. The minimum Gasteiger partial charge on any atom is -0.396 e. The largest absolute Gasteiger partial charge is 0.396 e. The van der Waals surface area contributed by atoms with Crippen LogP contribution >= 0.6 is 0 Å². The van der Waals surface area contributed by atoms with E-state index in [0.29, 0.717) is 13.0 Å². The first kappa shape index (κ1) is 8.45. The number of hydrogen-bond donors (Lipinski definition) is 2. The molecule has 3 N–H and O–H groups in total. The monoisotopic (exact) mass is 160 g/mol. The lowest BCUT2D eigenvalue weighted by molar-refractivity contribution is -0.162. The van der Waals surface area contributed by atoms with E-state index in [1.54, 1.807) is 0 Å². The topological polar surface area (TPSA) is 75.8 Å². The van der Waals surface area contributed by atoms with Gasteiger partial charge in [0.05, 0.1) is 13.2 Å². The van der Waals surface area contributed by atoms with Crippen molar-refractivity contribution in [3.8, 4) is 0 Å². The molecular weight excluding hydrogens is 148 g/mol. The SMILES string of the molecule is N[C@H]1CON(CCCO)C1=O. The molecule has 11 heavy (non-hydrogen) atoms. The summed E-state index contributed by atoms with van der Waals surface area (Å²) in [4.78, 5) is 15.9. The highest BCUT2D eigenvalue weighted by Crippen LogP contribution is 2.05. The van der Waals surface area contributed by atoms with Gasteiger partial charge in [0.15, 0.2) is 0 Å². The van der Waals surface area contributed by atoms with Crippen molar-refractivity contribution in [2.45, 2.75) is 12.5 Å². The maximum Gasteiger partial charge on any atom is 0.265 e. The molecule has 1 fully saturated rings. The Morgan fingerprint density at radius 2 is 2.55 bits per heavy atom. The lowest BCUT2D eigenvalue weighted by Gasteiger charge is -2.12. The van der Waals surface area contributed by atoms with Crippen molar-refractivity contribution in [2.24, 2.45) is 5.73 Å². The molecule has 1 aliphatic rings. The van der Waals surface area contributed by atoms with E-state index >= 15 is 0 Å². The Hall–Kier alpha value is -0.650. The van der Waals surface area contributed by atoms with E-state index in [-0.39, 0.29) is 19.1 Å². The summed E-state index contributed by atoms with van der Waals surface area (Å²) in [5.74, 6) is -0.196. The Morgan fingerprint density at radius 1 is 1.82 bits per heavy atom. The summed E-state index contributed by atoms with van der Waals surface area (Å²) in [7, 11) is 0. The summed E-state index contributed by atoms with van der Waals surface area (Å²) in [5, 5.41) is 9.66. The number of hydroxylamine groups is 2. The van der Waals surface area contributed by atoms with Crippen LogP contribution in [0, 0.1) is 0 Å². The van der Waals surface area contributed by atoms with Crippen LogP contribution in [0.1, 0.15) is 6.42 Å². The number of carbonyl (C=O) groups is 1. The zero-order valence-electron chi connectivity index (χ0n) is 6.19. The Morgan fingerprint density at radius 3 is 3.00 bits per heavy atom. The summed E-state index contributed by atoms with van der Waals surface area (Å²) >= 11 is 0. The van der Waals surface area contributed by atoms with Crippen LogP contribution in [-0.4, -0.2) is 41.9 Å². The molecule has 0 unspecified atom stereocenters. The second-order valence-electron chi connectivity index (χ2n) is 2.42. The van der Waals surface area contributed by atoms with Gasteiger partial charge in [-0.25, -0.2) is 5.06 Å². The van der Waals surface area contributed by atoms with Crippen LogP contribution in [0.3, 0.4) is 0 Å². The Bertz CT molecular complexity index is 151. The standard InChI is InChI=1S/C6H12N2O3/c7-5-4-11-8(6(5)10)2-1-3-9/h5,9H,1-4,7H2/t5-/m0/s1. The molecule has 1 saturated heterocycles. The fourth-order valence-electron chi connectivity index (χ4n) is 0.879. The smallest absolute Gasteiger partial charge is 0.265 e. The molecule has 0 aromatic heterocycles. The third-order valence-electron chi connectivity index (χ3n) is 1.49. The van der Waals surface area contributed by atoms with E-state index in [1.165, 1.54) is 5.06 Å². The summed E-state index contributed by atoms with van der Waals surface area (Å²) < 4.78 is 0. The molecule has 0 spiro atoms. The number of aliphatic hydroxyl groups is 1. The van der Waals surface area contributed by atoms with E-state index in [0.717, 1.165) is 0 Å². The van der Waals surface area contributed by atoms with Crippen molar-refractivity contribution in [1.29, 1.82) is 0 Å². The van der Waals surface area contributed by atoms with Crippen LogP contribution < -0.4 is 5.73 Å². The molecule has 64 valence electrons. The van der Waals surface area contributed by atoms with Crippen molar-refractivity contribution in [3.63, 3.8) is 0 Å². The predicted molar refractivity (Wildman–Crippen MR) is 37.3 cm³/mol. The first-order chi connectivity index (χ1) is 5.25. The van der Waals surface area contributed by atoms with Crippen molar-refractivity contribution in [3.05, 3.63) is 0 Å². The first-order valence-electron chi connectivity index (χ1n) is 3.56. The lowest BCUT2D eigenvalue weighted by Crippen LogP contribution is -2.35. The number of rotatable bonds is 3. The highest BCUT2D eigenvalue weighted by molar-refractivity contribution is 5.82. The molecule has 1 heterocycles. The highest BCUT2D eigenvalue weighted by atomic mass is 16.7. The Kier molecular flexibility index (Phi) is 2.81. The molecule has 0 aromatic rings. The number of nitrogens with two attached hydrogens (primary N) is 1. The van der Waals surface area contributed by atoms with Crippen molar-refractivity contribution in [1.82, 2.24) is 5.06 Å². The zero-order chi connectivity index (χ0) is 8.27. The molecule has 0 aromatic carbocycles. The molecule has 1 aliphatic heterocycles. The third-order valence-corrected chi connectivity index (χ3v) is 1.49. The van der Waals surface area contributed by atoms with Crippen LogP contribution in [0.15, 0.2) is 0 Å². The molecular formula is C6H12N2O3. The fourth-order valence-corrected chi connectivity index (χ4v) is 0.879. The van der Waals surface area contributed by atoms with E-state index < -0.39 is 6.04 Å². The highest BCUT2D eigenvalue weighted by Gasteiger charge is 2.29. The van der Waals surface area contributed by atoms with Gasteiger partial charge < -0.3 is 10.8 Å². The van der Waals surface area contributed by atoms with Gasteiger partial charge in [0.1, 0.15) is 6.04 Å². The minimum absolute atomic E-state index is 0.0579. The van der Waals surface area contributed by atoms with Gasteiger partial charge in [0.2, 0.25) is 0 Å². The predicted octanol–water partition coefficient (Wildman–Crippen LogP) is -1.53. The molecule has 5 nitrogen and oxygen atoms in total. The molecule has 0 saturated carbocycles. The van der Waals surface area contributed by atoms with Crippen LogP contribution in [0.4, 0.5) is 0 Å². The Labute approximate surface area is 64.7 Å². The fraction of sp³-hybridized carbons (Fsp3) is 0.833. The number of carbonyl (C=O) groups excluding carboxylic acids is 1. The van der Waals surface area contributed by atoms with Crippen molar-refractivity contribution < 1.29 is 14.7 Å². The number of nitrogens with zero attached hydrogens (tertiary/aromatic N) is 1. The van der Waals surface area contributed by atoms with Gasteiger partial charge in [-0.1, -0.05) is 0 Å². The first-order valence-corrected chi connectivity index (χ1v) is 3.56. The van der Waals surface area contributed by atoms with Crippen LogP contribution in [0.25, 0.3) is 0 Å². The average Bonchev–Trinajstić information content (AvgIpc) is 2.31. The van der Waals surface area contributed by atoms with E-state index in [1.807, 2.05) is 0 Å². The normalized spacial score (nSPS) is 24.7. The van der Waals surface area contributed by atoms with Gasteiger partial charge in [-0.3, -0.25) is 9.63 Å². The summed E-state index contributed by atoms with van der Waals surface area (Å²) in [6, 6.07) is -0.520. The third kappa shape index (κ3) is 1.89. The zero-order valence-corrected chi connectivity index (χ0v) is 6.19.